The van der Waals surface area contributed by atoms with Crippen LogP contribution in [0.3, 0.4) is 0 Å². The summed E-state index contributed by atoms with van der Waals surface area (Å²) in [6, 6.07) is 25.9. The highest BCUT2D eigenvalue weighted by Crippen LogP contribution is 2.37. The number of carbonyl (C=O) groups is 2. The van der Waals surface area contributed by atoms with Crippen LogP contribution in [0.1, 0.15) is 57.6 Å². The molecule has 5 rings (SSSR count). The Morgan fingerprint density at radius 3 is 1.63 bits per heavy atom. The Morgan fingerprint density at radius 1 is 0.677 bits per heavy atom. The number of methoxy groups -OCH3 is 1. The van der Waals surface area contributed by atoms with Crippen LogP contribution in [0, 0.1) is 25.2 Å². The van der Waals surface area contributed by atoms with E-state index in [-0.39, 0.29) is 51.6 Å². The van der Waals surface area contributed by atoms with Crippen molar-refractivity contribution in [2.75, 3.05) is 20.2 Å². The van der Waals surface area contributed by atoms with E-state index in [2.05, 4.69) is 15.6 Å². The molecule has 2 atom stereocenters. The van der Waals surface area contributed by atoms with Gasteiger partial charge in [-0.25, -0.2) is 4.98 Å². The molecule has 0 fully saturated rings. The van der Waals surface area contributed by atoms with Crippen molar-refractivity contribution in [2.24, 2.45) is 0 Å². The van der Waals surface area contributed by atoms with E-state index >= 15 is 0 Å². The van der Waals surface area contributed by atoms with Gasteiger partial charge in [0.15, 0.2) is 0 Å². The first-order valence-electron chi connectivity index (χ1n) is 19.6. The Balaban J connectivity index is 1.30. The molecule has 0 aliphatic rings. The molecule has 0 aliphatic carbocycles. The molecule has 0 radical (unpaired) electrons. The third-order valence-electron chi connectivity index (χ3n) is 9.91. The average Bonchev–Trinajstić information content (AvgIpc) is 3.23. The number of hydrogen-bond acceptors (Lipinski definition) is 12. The van der Waals surface area contributed by atoms with Crippen LogP contribution in [0.2, 0.25) is 10.0 Å². The van der Waals surface area contributed by atoms with E-state index in [1.165, 1.54) is 7.11 Å². The Hall–Kier alpha value is -5.92. The number of aromatic nitrogens is 1. The van der Waals surface area contributed by atoms with E-state index in [0.29, 0.717) is 50.8 Å². The van der Waals surface area contributed by atoms with Gasteiger partial charge in [-0.2, -0.15) is 5.26 Å². The lowest BCUT2D eigenvalue weighted by molar-refractivity contribution is -0.140. The first-order valence-corrected chi connectivity index (χ1v) is 20.3. The van der Waals surface area contributed by atoms with Gasteiger partial charge in [-0.05, 0) is 71.5 Å². The van der Waals surface area contributed by atoms with Gasteiger partial charge in [0.1, 0.15) is 54.6 Å². The highest BCUT2D eigenvalue weighted by atomic mass is 35.5. The number of benzene rings is 4. The standard InChI is InChI=1S/C46H48Cl2N4O10/c1-27-29(24-60-43-17-41(59-3)31(13-39(43)47)20-50-22-35(53)15-45(55)56)7-4-11-37(27)38-12-5-8-30(28(38)2)25-61-44-18-42(62-26-34-10-6-9-33(19-49)52-34)32(14-40(44)48)21-51-23-36(54)16-46(57)58/h4-14,17-18,35-36,50-51,53-54H,15-16,20-26H2,1-3H3,(H,55,56)(H,57,58). The van der Waals surface area contributed by atoms with Gasteiger partial charge in [0, 0.05) is 49.4 Å². The smallest absolute Gasteiger partial charge is 0.306 e. The highest BCUT2D eigenvalue weighted by molar-refractivity contribution is 6.32. The Kier molecular flexibility index (Phi) is 17.3. The van der Waals surface area contributed by atoms with Crippen LogP contribution in [0.25, 0.3) is 11.1 Å². The van der Waals surface area contributed by atoms with Crippen molar-refractivity contribution >= 4 is 35.1 Å². The maximum absolute atomic E-state index is 11.0. The molecular weight excluding hydrogens is 839 g/mol. The van der Waals surface area contributed by atoms with Crippen LogP contribution in [0.4, 0.5) is 0 Å². The summed E-state index contributed by atoms with van der Waals surface area (Å²) in [5.41, 5.74) is 8.02. The summed E-state index contributed by atoms with van der Waals surface area (Å²) in [7, 11) is 1.53. The number of hydrogen-bond donors (Lipinski definition) is 6. The van der Waals surface area contributed by atoms with Crippen LogP contribution in [0.15, 0.2) is 78.9 Å². The second-order valence-corrected chi connectivity index (χ2v) is 15.2. The number of nitriles is 1. The molecule has 0 saturated carbocycles. The van der Waals surface area contributed by atoms with E-state index in [9.17, 15) is 25.1 Å². The van der Waals surface area contributed by atoms with Crippen molar-refractivity contribution in [1.82, 2.24) is 15.6 Å². The van der Waals surface area contributed by atoms with Gasteiger partial charge in [0.2, 0.25) is 0 Å². The second kappa shape index (κ2) is 22.8. The molecule has 0 amide bonds. The molecule has 0 aliphatic heterocycles. The number of nitrogens with zero attached hydrogens (tertiary/aromatic N) is 2. The topological polar surface area (TPSA) is 213 Å². The van der Waals surface area contributed by atoms with Crippen molar-refractivity contribution in [3.63, 3.8) is 0 Å². The van der Waals surface area contributed by atoms with Gasteiger partial charge >= 0.3 is 11.9 Å². The number of pyridine rings is 1. The molecule has 16 heteroatoms. The first kappa shape index (κ1) is 47.1. The summed E-state index contributed by atoms with van der Waals surface area (Å²) in [4.78, 5) is 26.2. The summed E-state index contributed by atoms with van der Waals surface area (Å²) < 4.78 is 24.3. The fraction of sp³-hybridized carbons (Fsp3) is 0.304. The van der Waals surface area contributed by atoms with Crippen molar-refractivity contribution in [3.05, 3.63) is 134 Å². The largest absolute Gasteiger partial charge is 0.496 e. The van der Waals surface area contributed by atoms with Crippen molar-refractivity contribution in [3.8, 4) is 40.2 Å². The zero-order valence-corrected chi connectivity index (χ0v) is 35.9. The number of aliphatic hydroxyl groups excluding tert-OH is 2. The molecule has 1 aromatic heterocycles. The number of carboxylic acids is 2. The predicted octanol–water partition coefficient (Wildman–Crippen LogP) is 7.14. The molecule has 5 aromatic rings. The van der Waals surface area contributed by atoms with Crippen LogP contribution in [-0.4, -0.2) is 69.8 Å². The molecule has 4 aromatic carbocycles. The van der Waals surface area contributed by atoms with Gasteiger partial charge in [0.05, 0.1) is 47.9 Å². The summed E-state index contributed by atoms with van der Waals surface area (Å²) in [5, 5.41) is 53.9. The van der Waals surface area contributed by atoms with Crippen molar-refractivity contribution in [2.45, 2.75) is 71.8 Å². The number of halogens is 2. The molecule has 6 N–H and O–H groups in total. The minimum Gasteiger partial charge on any atom is -0.496 e. The molecule has 62 heavy (non-hydrogen) atoms. The molecule has 0 spiro atoms. The summed E-state index contributed by atoms with van der Waals surface area (Å²) in [6.45, 7) is 5.12. The Morgan fingerprint density at radius 2 is 1.15 bits per heavy atom. The first-order chi connectivity index (χ1) is 29.8. The zero-order valence-electron chi connectivity index (χ0n) is 34.4. The van der Waals surface area contributed by atoms with Gasteiger partial charge in [-0.3, -0.25) is 9.59 Å². The normalized spacial score (nSPS) is 12.0. The van der Waals surface area contributed by atoms with E-state index in [1.807, 2.05) is 56.3 Å². The lowest BCUT2D eigenvalue weighted by Crippen LogP contribution is -2.28. The lowest BCUT2D eigenvalue weighted by atomic mass is 9.92. The number of ether oxygens (including phenoxy) is 4. The van der Waals surface area contributed by atoms with Crippen LogP contribution < -0.4 is 29.6 Å². The fourth-order valence-corrected chi connectivity index (χ4v) is 7.10. The molecule has 326 valence electrons. The highest BCUT2D eigenvalue weighted by Gasteiger charge is 2.18. The van der Waals surface area contributed by atoms with Gasteiger partial charge in [0.25, 0.3) is 0 Å². The van der Waals surface area contributed by atoms with Crippen LogP contribution in [0.5, 0.6) is 23.0 Å². The summed E-state index contributed by atoms with van der Waals surface area (Å²) in [6.07, 6.45) is -2.88. The number of carboxylic acid groups (broad SMARTS) is 2. The van der Waals surface area contributed by atoms with E-state index in [1.54, 1.807) is 42.5 Å². The zero-order chi connectivity index (χ0) is 44.8. The molecular formula is C46H48Cl2N4O10. The van der Waals surface area contributed by atoms with E-state index in [4.69, 9.17) is 52.4 Å². The molecule has 1 heterocycles. The van der Waals surface area contributed by atoms with E-state index in [0.717, 1.165) is 38.9 Å². The third-order valence-corrected chi connectivity index (χ3v) is 10.5. The predicted molar refractivity (Wildman–Crippen MR) is 233 cm³/mol. The summed E-state index contributed by atoms with van der Waals surface area (Å²) >= 11 is 13.4. The number of rotatable bonds is 23. The minimum absolute atomic E-state index is 0.0301. The molecule has 14 nitrogen and oxygen atoms in total. The monoisotopic (exact) mass is 886 g/mol. The Bertz CT molecular complexity index is 2410. The lowest BCUT2D eigenvalue weighted by Gasteiger charge is -2.19. The molecule has 0 bridgehead atoms. The fourth-order valence-electron chi connectivity index (χ4n) is 6.62. The van der Waals surface area contributed by atoms with Crippen molar-refractivity contribution in [1.29, 1.82) is 5.26 Å². The van der Waals surface area contributed by atoms with Crippen LogP contribution in [-0.2, 0) is 42.5 Å². The SMILES string of the molecule is COc1cc(OCc2cccc(-c3cccc(COc4cc(OCc5cccc(C#N)n5)c(CNCC(O)CC(=O)O)cc4Cl)c3C)c2C)c(Cl)cc1CNCC(O)CC(=O)O. The molecule has 2 unspecified atom stereocenters. The van der Waals surface area contributed by atoms with Gasteiger partial charge < -0.3 is 50.0 Å². The molecule has 0 saturated heterocycles. The quantitative estimate of drug-likeness (QED) is 0.0385. The van der Waals surface area contributed by atoms with Crippen molar-refractivity contribution < 1.29 is 49.0 Å². The van der Waals surface area contributed by atoms with Crippen LogP contribution >= 0.6 is 23.2 Å². The maximum Gasteiger partial charge on any atom is 0.306 e. The third kappa shape index (κ3) is 13.3. The van der Waals surface area contributed by atoms with Gasteiger partial charge in [-0.1, -0.05) is 65.7 Å². The maximum atomic E-state index is 11.0. The number of aliphatic carboxylic acids is 2. The number of nitrogens with one attached hydrogen (secondary N) is 2. The minimum atomic E-state index is -1.11. The summed E-state index contributed by atoms with van der Waals surface area (Å²) in [5.74, 6) is -0.453. The van der Waals surface area contributed by atoms with Gasteiger partial charge in [-0.15, -0.1) is 0 Å². The number of aliphatic hydroxyl groups is 2. The second-order valence-electron chi connectivity index (χ2n) is 14.4. The average molecular weight is 888 g/mol. The van der Waals surface area contributed by atoms with E-state index < -0.39 is 30.6 Å². The Labute approximate surface area is 369 Å².